The van der Waals surface area contributed by atoms with Gasteiger partial charge in [-0.2, -0.15) is 9.61 Å². The van der Waals surface area contributed by atoms with E-state index in [2.05, 4.69) is 10.1 Å². The van der Waals surface area contributed by atoms with E-state index in [-0.39, 0.29) is 11.3 Å². The summed E-state index contributed by atoms with van der Waals surface area (Å²) >= 11 is 0. The van der Waals surface area contributed by atoms with Gasteiger partial charge in [0, 0.05) is 25.4 Å². The van der Waals surface area contributed by atoms with Crippen LogP contribution in [0.25, 0.3) is 5.65 Å². The summed E-state index contributed by atoms with van der Waals surface area (Å²) in [5.74, 6) is 0.629. The molecule has 0 radical (unpaired) electrons. The Kier molecular flexibility index (Phi) is 3.13. The molecular weight excluding hydrogens is 282 g/mol. The minimum absolute atomic E-state index is 0.143. The van der Waals surface area contributed by atoms with Crippen molar-refractivity contribution in [3.63, 3.8) is 0 Å². The standard InChI is InChI=1S/C11H13N5O3S/c1-20(19)10-6-9(14-4-2-3-5-14)13-11-8(16(17)18)7-12-15(10)11/h6-7H,2-5H2,1H3. The van der Waals surface area contributed by atoms with Gasteiger partial charge in [0.25, 0.3) is 0 Å². The molecule has 0 aromatic carbocycles. The molecule has 8 nitrogen and oxygen atoms in total. The molecule has 0 saturated carbocycles. The number of anilines is 1. The summed E-state index contributed by atoms with van der Waals surface area (Å²) in [5, 5.41) is 15.4. The van der Waals surface area contributed by atoms with Crippen LogP contribution in [0.15, 0.2) is 17.3 Å². The van der Waals surface area contributed by atoms with Crippen molar-refractivity contribution in [3.8, 4) is 0 Å². The Morgan fingerprint density at radius 1 is 1.40 bits per heavy atom. The molecule has 1 atom stereocenters. The van der Waals surface area contributed by atoms with E-state index in [1.165, 1.54) is 10.8 Å². The highest BCUT2D eigenvalue weighted by molar-refractivity contribution is 7.84. The van der Waals surface area contributed by atoms with Gasteiger partial charge in [0.15, 0.2) is 0 Å². The molecule has 3 heterocycles. The van der Waals surface area contributed by atoms with Crippen LogP contribution in [0.2, 0.25) is 0 Å². The molecule has 106 valence electrons. The topological polar surface area (TPSA) is 93.6 Å². The zero-order chi connectivity index (χ0) is 14.3. The molecule has 3 rings (SSSR count). The van der Waals surface area contributed by atoms with E-state index in [1.807, 2.05) is 4.90 Å². The first kappa shape index (κ1) is 13.0. The van der Waals surface area contributed by atoms with E-state index in [1.54, 1.807) is 6.07 Å². The van der Waals surface area contributed by atoms with Crippen molar-refractivity contribution in [1.82, 2.24) is 14.6 Å². The minimum Gasteiger partial charge on any atom is -0.356 e. The summed E-state index contributed by atoms with van der Waals surface area (Å²) in [6.45, 7) is 1.72. The quantitative estimate of drug-likeness (QED) is 0.476. The predicted octanol–water partition coefficient (Wildman–Crippen LogP) is 0.975. The van der Waals surface area contributed by atoms with E-state index < -0.39 is 15.7 Å². The first-order chi connectivity index (χ1) is 9.58. The lowest BCUT2D eigenvalue weighted by Gasteiger charge is -2.17. The van der Waals surface area contributed by atoms with Crippen LogP contribution in [0.1, 0.15) is 12.8 Å². The van der Waals surface area contributed by atoms with E-state index in [9.17, 15) is 14.3 Å². The van der Waals surface area contributed by atoms with Crippen molar-refractivity contribution in [1.29, 1.82) is 0 Å². The van der Waals surface area contributed by atoms with Gasteiger partial charge < -0.3 is 4.90 Å². The van der Waals surface area contributed by atoms with Crippen LogP contribution in [0.3, 0.4) is 0 Å². The number of aromatic nitrogens is 3. The third-order valence-corrected chi connectivity index (χ3v) is 4.21. The normalized spacial score (nSPS) is 16.8. The number of hydrogen-bond donors (Lipinski definition) is 0. The maximum Gasteiger partial charge on any atom is 0.333 e. The van der Waals surface area contributed by atoms with E-state index in [4.69, 9.17) is 0 Å². The van der Waals surface area contributed by atoms with Crippen molar-refractivity contribution < 1.29 is 9.13 Å². The van der Waals surface area contributed by atoms with Crippen LogP contribution >= 0.6 is 0 Å². The highest BCUT2D eigenvalue weighted by Crippen LogP contribution is 2.26. The molecule has 20 heavy (non-hydrogen) atoms. The van der Waals surface area contributed by atoms with Crippen molar-refractivity contribution in [2.75, 3.05) is 24.2 Å². The molecular formula is C11H13N5O3S. The van der Waals surface area contributed by atoms with Gasteiger partial charge in [-0.05, 0) is 12.8 Å². The molecule has 2 aromatic heterocycles. The van der Waals surface area contributed by atoms with E-state index >= 15 is 0 Å². The van der Waals surface area contributed by atoms with Crippen LogP contribution in [0.4, 0.5) is 11.5 Å². The van der Waals surface area contributed by atoms with Gasteiger partial charge in [0.2, 0.25) is 5.65 Å². The Morgan fingerprint density at radius 3 is 2.70 bits per heavy atom. The summed E-state index contributed by atoms with van der Waals surface area (Å²) in [4.78, 5) is 16.9. The average Bonchev–Trinajstić information content (AvgIpc) is 3.06. The van der Waals surface area contributed by atoms with Gasteiger partial charge >= 0.3 is 5.69 Å². The van der Waals surface area contributed by atoms with E-state index in [0.717, 1.165) is 32.1 Å². The van der Waals surface area contributed by atoms with Crippen LogP contribution in [0.5, 0.6) is 0 Å². The second-order valence-electron chi connectivity index (χ2n) is 4.62. The maximum absolute atomic E-state index is 11.8. The zero-order valence-corrected chi connectivity index (χ0v) is 11.7. The molecule has 0 N–H and O–H groups in total. The van der Waals surface area contributed by atoms with Crippen LogP contribution in [-0.2, 0) is 10.8 Å². The van der Waals surface area contributed by atoms with Crippen LogP contribution in [-0.4, -0.2) is 43.1 Å². The minimum atomic E-state index is -1.30. The first-order valence-electron chi connectivity index (χ1n) is 6.19. The lowest BCUT2D eigenvalue weighted by atomic mass is 10.4. The molecule has 0 spiro atoms. The van der Waals surface area contributed by atoms with Crippen molar-refractivity contribution in [2.45, 2.75) is 17.9 Å². The summed E-state index contributed by atoms with van der Waals surface area (Å²) < 4.78 is 13.1. The first-order valence-corrected chi connectivity index (χ1v) is 7.75. The second-order valence-corrected chi connectivity index (χ2v) is 5.95. The molecule has 2 aromatic rings. The molecule has 0 bridgehead atoms. The van der Waals surface area contributed by atoms with Gasteiger partial charge in [0.1, 0.15) is 17.0 Å². The Hall–Kier alpha value is -2.03. The van der Waals surface area contributed by atoms with Gasteiger partial charge in [-0.1, -0.05) is 0 Å². The fourth-order valence-corrected chi connectivity index (χ4v) is 3.00. The van der Waals surface area contributed by atoms with Crippen LogP contribution in [0, 0.1) is 10.1 Å². The highest BCUT2D eigenvalue weighted by Gasteiger charge is 2.23. The zero-order valence-electron chi connectivity index (χ0n) is 10.9. The smallest absolute Gasteiger partial charge is 0.333 e. The number of fused-ring (bicyclic) bond motifs is 1. The molecule has 0 aliphatic carbocycles. The Labute approximate surface area is 117 Å². The molecule has 1 saturated heterocycles. The molecule has 9 heteroatoms. The lowest BCUT2D eigenvalue weighted by molar-refractivity contribution is -0.383. The fraction of sp³-hybridized carbons (Fsp3) is 0.455. The summed E-state index contributed by atoms with van der Waals surface area (Å²) in [6, 6.07) is 1.70. The monoisotopic (exact) mass is 295 g/mol. The molecule has 1 aliphatic heterocycles. The number of hydrogen-bond acceptors (Lipinski definition) is 6. The summed E-state index contributed by atoms with van der Waals surface area (Å²) in [7, 11) is -1.30. The Morgan fingerprint density at radius 2 is 2.10 bits per heavy atom. The van der Waals surface area contributed by atoms with Gasteiger partial charge in [-0.25, -0.2) is 4.98 Å². The predicted molar refractivity (Wildman–Crippen MR) is 73.4 cm³/mol. The van der Waals surface area contributed by atoms with E-state index in [0.29, 0.717) is 10.8 Å². The van der Waals surface area contributed by atoms with Gasteiger partial charge in [0.05, 0.1) is 15.7 Å². The Bertz CT molecular complexity index is 707. The lowest BCUT2D eigenvalue weighted by Crippen LogP contribution is -2.20. The van der Waals surface area contributed by atoms with Crippen molar-refractivity contribution in [2.24, 2.45) is 0 Å². The number of nitrogens with zero attached hydrogens (tertiary/aromatic N) is 5. The van der Waals surface area contributed by atoms with Crippen LogP contribution < -0.4 is 4.90 Å². The number of rotatable bonds is 3. The fourth-order valence-electron chi connectivity index (χ4n) is 2.35. The SMILES string of the molecule is CS(=O)c1cc(N2CCCC2)nc2c([N+](=O)[O-])cnn12. The maximum atomic E-state index is 11.8. The average molecular weight is 295 g/mol. The summed E-state index contributed by atoms with van der Waals surface area (Å²) in [5.41, 5.74) is -0.0256. The Balaban J connectivity index is 2.24. The molecule has 0 amide bonds. The largest absolute Gasteiger partial charge is 0.356 e. The van der Waals surface area contributed by atoms with Gasteiger partial charge in [-0.3, -0.25) is 14.3 Å². The van der Waals surface area contributed by atoms with Crippen molar-refractivity contribution in [3.05, 3.63) is 22.4 Å². The molecule has 1 fully saturated rings. The second kappa shape index (κ2) is 4.82. The highest BCUT2D eigenvalue weighted by atomic mass is 32.2. The third-order valence-electron chi connectivity index (χ3n) is 3.33. The summed E-state index contributed by atoms with van der Waals surface area (Å²) in [6.07, 6.45) is 4.81. The number of nitro groups is 1. The van der Waals surface area contributed by atoms with Crippen molar-refractivity contribution >= 4 is 28.0 Å². The third kappa shape index (κ3) is 2.03. The molecule has 1 aliphatic rings. The molecule has 1 unspecified atom stereocenters. The van der Waals surface area contributed by atoms with Gasteiger partial charge in [-0.15, -0.1) is 0 Å².